The Morgan fingerprint density at radius 3 is 1.14 bits per heavy atom. The van der Waals surface area contributed by atoms with Crippen LogP contribution >= 0.6 is 12.4 Å². The number of Topliss-reactive ketones (excluding diaryl/α,β-unsaturated/α-hetero) is 1. The van der Waals surface area contributed by atoms with E-state index in [-0.39, 0.29) is 155 Å². The number of hydrogen-bond acceptors (Lipinski definition) is 15. The summed E-state index contributed by atoms with van der Waals surface area (Å²) in [5, 5.41) is 34.2. The van der Waals surface area contributed by atoms with Gasteiger partial charge in [0.2, 0.25) is 0 Å². The van der Waals surface area contributed by atoms with Crippen LogP contribution in [0.2, 0.25) is 0 Å². The first kappa shape index (κ1) is 71.3. The number of rotatable bonds is 16. The molecular weight excluding hydrogens is 1190 g/mol. The third-order valence-corrected chi connectivity index (χ3v) is 20.8. The summed E-state index contributed by atoms with van der Waals surface area (Å²) in [5.41, 5.74) is 4.74. The van der Waals surface area contributed by atoms with Gasteiger partial charge in [-0.1, -0.05) is 134 Å². The van der Waals surface area contributed by atoms with E-state index in [0.717, 1.165) is 106 Å². The van der Waals surface area contributed by atoms with Crippen molar-refractivity contribution in [2.75, 3.05) is 32.8 Å². The van der Waals surface area contributed by atoms with Gasteiger partial charge in [0.1, 0.15) is 32.7 Å². The van der Waals surface area contributed by atoms with E-state index in [4.69, 9.17) is 29.8 Å². The fourth-order valence-corrected chi connectivity index (χ4v) is 15.1. The quantitative estimate of drug-likeness (QED) is 0.0356. The largest absolute Gasteiger partial charge is 1.00 e. The molecule has 8 atom stereocenters. The predicted molar refractivity (Wildman–Crippen MR) is 337 cm³/mol. The van der Waals surface area contributed by atoms with Gasteiger partial charge in [-0.2, -0.15) is 20.3 Å². The van der Waals surface area contributed by atoms with Crippen LogP contribution in [0.1, 0.15) is 115 Å². The summed E-state index contributed by atoms with van der Waals surface area (Å²) < 4.78 is 0. The number of aliphatic hydroxyl groups excluding tert-OH is 1. The number of halogens is 1. The number of carbonyl (C=O) groups is 6. The normalized spacial score (nSPS) is 27.0. The van der Waals surface area contributed by atoms with Crippen molar-refractivity contribution in [2.45, 2.75) is 166 Å². The number of nitrogens with zero attached hydrogens (tertiary/aromatic N) is 9. The Balaban J connectivity index is 0.000000171. The van der Waals surface area contributed by atoms with Gasteiger partial charge in [0.25, 0.3) is 0 Å². The Kier molecular flexibility index (Phi) is 23.1. The Bertz CT molecular complexity index is 3200. The molecule has 4 saturated carbocycles. The summed E-state index contributed by atoms with van der Waals surface area (Å²) in [6, 6.07) is 38.7. The Labute approximate surface area is 559 Å². The van der Waals surface area contributed by atoms with Gasteiger partial charge in [0.05, 0.1) is 61.2 Å². The number of fused-ring (bicyclic) bond motifs is 12. The molecule has 489 valence electrons. The summed E-state index contributed by atoms with van der Waals surface area (Å²) in [7, 11) is 0. The number of hydrogen-bond donors (Lipinski definition) is 4. The molecule has 4 aromatic rings. The average Bonchev–Trinajstić information content (AvgIpc) is 1.59. The van der Waals surface area contributed by atoms with Crippen LogP contribution in [0.15, 0.2) is 126 Å². The summed E-state index contributed by atoms with van der Waals surface area (Å²) in [6.07, 6.45) is 14.6. The van der Waals surface area contributed by atoms with Crippen molar-refractivity contribution in [2.24, 2.45) is 32.7 Å². The Morgan fingerprint density at radius 1 is 0.522 bits per heavy atom. The number of piperidine rings is 4. The van der Waals surface area contributed by atoms with Crippen molar-refractivity contribution in [3.05, 3.63) is 144 Å². The molecule has 4 aromatic carbocycles. The van der Waals surface area contributed by atoms with Crippen LogP contribution in [0.25, 0.3) is 0 Å². The van der Waals surface area contributed by atoms with Gasteiger partial charge >= 0.3 is 43.0 Å². The topological polar surface area (TPSA) is 264 Å². The van der Waals surface area contributed by atoms with Crippen molar-refractivity contribution in [3.8, 4) is 0 Å². The monoisotopic (exact) mass is 1280 g/mol. The smallest absolute Gasteiger partial charge is 1.00 e. The zero-order valence-electron chi connectivity index (χ0n) is 52.7. The summed E-state index contributed by atoms with van der Waals surface area (Å²) in [4.78, 5) is 104. The second-order valence-electron chi connectivity index (χ2n) is 25.9. The molecule has 4 spiro atoms. The maximum Gasteiger partial charge on any atom is 1.00 e. The maximum atomic E-state index is 12.6. The number of oxime groups is 1. The number of nitrogens with two attached hydrogens (primary N) is 1. The molecule has 3 radical (unpaired) electrons. The number of hydroxylamine groups is 8. The Morgan fingerprint density at radius 2 is 0.815 bits per heavy atom. The van der Waals surface area contributed by atoms with Gasteiger partial charge in [-0.3, -0.25) is 24.1 Å². The molecule has 4 aliphatic carbocycles. The van der Waals surface area contributed by atoms with Crippen molar-refractivity contribution >= 4 is 63.2 Å². The molecule has 8 bridgehead atoms. The van der Waals surface area contributed by atoms with Gasteiger partial charge in [-0.05, 0) is 128 Å². The van der Waals surface area contributed by atoms with Crippen LogP contribution in [0, 0.1) is 21.7 Å². The number of amides is 8. The van der Waals surface area contributed by atoms with Gasteiger partial charge in [-0.15, -0.1) is 12.4 Å². The van der Waals surface area contributed by atoms with E-state index in [9.17, 15) is 33.9 Å². The number of aliphatic hydroxyl groups is 1. The van der Waals surface area contributed by atoms with Crippen LogP contribution in [-0.4, -0.2) is 187 Å². The van der Waals surface area contributed by atoms with Crippen molar-refractivity contribution in [1.29, 1.82) is 0 Å². The molecule has 26 heteroatoms. The van der Waals surface area contributed by atoms with E-state index >= 15 is 0 Å². The molecule has 12 fully saturated rings. The molecule has 23 nitrogen and oxygen atoms in total. The molecule has 8 aliphatic heterocycles. The minimum Gasteiger partial charge on any atom is -1.00 e. The fraction of sp³-hybridized carbons (Fsp3) is 0.530. The van der Waals surface area contributed by atoms with Gasteiger partial charge in [-0.25, -0.2) is 25.1 Å². The molecule has 8 saturated heterocycles. The third-order valence-electron chi connectivity index (χ3n) is 20.8. The van der Waals surface area contributed by atoms with Gasteiger partial charge < -0.3 is 41.3 Å². The number of aldehydes is 1. The third kappa shape index (κ3) is 14.1. The minimum atomic E-state index is -0.276. The van der Waals surface area contributed by atoms with E-state index in [1.165, 1.54) is 11.3 Å². The second kappa shape index (κ2) is 29.8. The first-order chi connectivity index (χ1) is 42.8. The maximum absolute atomic E-state index is 12.6. The fourth-order valence-electron chi connectivity index (χ4n) is 15.1. The van der Waals surface area contributed by atoms with Crippen LogP contribution in [0.3, 0.4) is 0 Å². The van der Waals surface area contributed by atoms with Crippen LogP contribution in [0.5, 0.6) is 0 Å². The van der Waals surface area contributed by atoms with Crippen molar-refractivity contribution in [3.63, 3.8) is 0 Å². The first-order valence-electron chi connectivity index (χ1n) is 30.9. The molecule has 0 aromatic heterocycles. The van der Waals surface area contributed by atoms with Gasteiger partial charge in [0, 0.05) is 34.6 Å². The predicted octanol–water partition coefficient (Wildman–Crippen LogP) is 5.48. The van der Waals surface area contributed by atoms with Crippen LogP contribution in [0.4, 0.5) is 19.2 Å². The van der Waals surface area contributed by atoms with Crippen LogP contribution < -0.4 is 24.8 Å². The molecule has 8 heterocycles. The molecular formula is C66H86BClLiN10O13. The summed E-state index contributed by atoms with van der Waals surface area (Å²) in [5.74, 6) is 3.59. The van der Waals surface area contributed by atoms with Gasteiger partial charge in [0.15, 0.2) is 5.78 Å². The number of urea groups is 4. The van der Waals surface area contributed by atoms with Crippen molar-refractivity contribution < 1.29 is 83.9 Å². The standard InChI is InChI=1S/C17H20N2O3.C16H19N3O3.C16H20N2O3.C16H18N2O3.CH4.B.ClH.Li.H3NO.H/c1-12(20)14-9-17(7-8-17)15-10-18(14)16(21)19(15)22-11-13-5-3-2-4-6-13;20-15-18-10-14(16(6-7-16)8-13(18)9-17-21)19(15)22-11-12-4-2-1-3-5-12;2*19-10-13-8-16(6-7-16)14-9-17(13)15(20)18(14)21-11-12-4-2-1-3-5-12;;;;;1-2;/h2-6,14-15H,7-11H2,1H3;1-5,9,13-14,21H,6-8,10-11H2;1-5,13-14,19H,6-11H2;1-5,10,13-14H,6-9,11H2;1H4;;1H;;2H,1H2;/q;;;;;;;+1;;-1/b;17-9+;;;;;;;;/t14-,15-;3*13-,14-;;;;;;/m0000....../s1. The summed E-state index contributed by atoms with van der Waals surface area (Å²) >= 11 is 0. The number of benzene rings is 4. The van der Waals surface area contributed by atoms with E-state index in [1.807, 2.05) is 121 Å². The minimum absolute atomic E-state index is 0. The van der Waals surface area contributed by atoms with E-state index in [0.29, 0.717) is 52.6 Å². The molecule has 8 amide bonds. The molecule has 16 rings (SSSR count). The zero-order valence-corrected chi connectivity index (χ0v) is 52.5. The van der Waals surface area contributed by atoms with Crippen LogP contribution in [-0.2, 0) is 55.4 Å². The number of carbonyl (C=O) groups excluding carboxylic acids is 6. The van der Waals surface area contributed by atoms with E-state index < -0.39 is 0 Å². The Hall–Kier alpha value is -6.56. The average molecular weight is 1280 g/mol. The van der Waals surface area contributed by atoms with E-state index in [1.54, 1.807) is 41.7 Å². The molecule has 5 N–H and O–H groups in total. The molecule has 12 aliphatic rings. The summed E-state index contributed by atoms with van der Waals surface area (Å²) in [6.45, 7) is 5.81. The number of ketones is 1. The molecule has 92 heavy (non-hydrogen) atoms. The zero-order chi connectivity index (χ0) is 61.4. The molecule has 0 unspecified atom stereocenters. The van der Waals surface area contributed by atoms with Crippen molar-refractivity contribution in [1.82, 2.24) is 39.9 Å². The second-order valence-corrected chi connectivity index (χ2v) is 25.9. The first-order valence-corrected chi connectivity index (χ1v) is 30.9. The SMILES string of the molecule is C.CC(=O)[C@@H]1CC2(CC2)[C@@H]2CN1C(=O)N2OCc1ccccc1.Cl.NO.O=C1N2C[C@H](N1OCc1ccccc1)C1(CC1)C[C@H]2/C=N/O.O=C1N2C[C@H](N1OCc1ccccc1)C1(CC1)C[C@H]2CO.O=C[C@@H]1CC2(CC2)[C@@H]2CN1C(=O)N2OCc1ccccc1.[B].[H-].[Li+]. The van der Waals surface area contributed by atoms with E-state index in [2.05, 4.69) is 11.1 Å².